The highest BCUT2D eigenvalue weighted by atomic mass is 35.5. The number of rotatable bonds is 12. The molecule has 3 heterocycles. The molecule has 0 bridgehead atoms. The van der Waals surface area contributed by atoms with Gasteiger partial charge in [-0.1, -0.05) is 65.4 Å². The number of halogens is 2. The fourth-order valence-corrected chi connectivity index (χ4v) is 13.2. The highest BCUT2D eigenvalue weighted by Crippen LogP contribution is 3.01. The Kier molecular flexibility index (Phi) is 9.48. The first-order chi connectivity index (χ1) is 28.4. The van der Waals surface area contributed by atoms with Gasteiger partial charge in [0.25, 0.3) is 0 Å². The molecule has 3 unspecified atom stereocenters. The summed E-state index contributed by atoms with van der Waals surface area (Å²) in [7, 11) is -1.82. The second-order valence-electron chi connectivity index (χ2n) is 16.0. The van der Waals surface area contributed by atoms with Gasteiger partial charge in [0.2, 0.25) is 11.8 Å². The van der Waals surface area contributed by atoms with Crippen LogP contribution >= 0.6 is 52.6 Å². The first-order valence-electron chi connectivity index (χ1n) is 19.2. The van der Waals surface area contributed by atoms with Crippen LogP contribution in [-0.2, 0) is 14.2 Å². The van der Waals surface area contributed by atoms with Crippen molar-refractivity contribution >= 4 is 103 Å². The maximum Gasteiger partial charge on any atom is 0.524 e. The molecule has 3 N–H and O–H groups in total. The molecule has 5 aliphatic rings. The number of carbonyl (C=O) groups excluding carboxylic acids is 3. The summed E-state index contributed by atoms with van der Waals surface area (Å²) >= 11 is 13.1. The largest absolute Gasteiger partial charge is 0.524 e. The number of hydrogen-bond donors (Lipinski definition) is 3. The number of phosphoric ester groups is 1. The summed E-state index contributed by atoms with van der Waals surface area (Å²) in [4.78, 5) is 69.9. The molecule has 17 heteroatoms. The van der Waals surface area contributed by atoms with E-state index >= 15 is 0 Å². The van der Waals surface area contributed by atoms with Gasteiger partial charge in [0.1, 0.15) is 16.5 Å². The maximum atomic E-state index is 14.9. The van der Waals surface area contributed by atoms with Crippen molar-refractivity contribution in [1.29, 1.82) is 0 Å². The SMILES string of the molecule is O=C(NCCSSc1ccccn1)Oc1cc2c(c3ccccc13)[C@H](CCl)CN2C(=O)C12CC3(C(=O)N4C[C@@H](CCl)c5c4cc(OP(=O)(O)O)c4ccccc54)CC13C2. The fourth-order valence-electron chi connectivity index (χ4n) is 10.5. The van der Waals surface area contributed by atoms with Crippen LogP contribution in [0.1, 0.15) is 42.2 Å². The Hall–Kier alpha value is -4.01. The Labute approximate surface area is 356 Å². The van der Waals surface area contributed by atoms with Crippen LogP contribution in [0, 0.1) is 16.2 Å². The van der Waals surface area contributed by atoms with E-state index in [0.717, 1.165) is 26.9 Å². The molecular weight excluding hydrogens is 854 g/mol. The Bertz CT molecular complexity index is 2660. The minimum atomic E-state index is -4.92. The Morgan fingerprint density at radius 2 is 1.34 bits per heavy atom. The van der Waals surface area contributed by atoms with E-state index in [9.17, 15) is 28.7 Å². The zero-order valence-corrected chi connectivity index (χ0v) is 35.3. The molecule has 12 nitrogen and oxygen atoms in total. The minimum absolute atomic E-state index is 0.0159. The number of aromatic nitrogens is 1. The van der Waals surface area contributed by atoms with E-state index < -0.39 is 30.2 Å². The molecule has 10 rings (SSSR count). The van der Waals surface area contributed by atoms with Crippen molar-refractivity contribution < 1.29 is 38.0 Å². The lowest BCUT2D eigenvalue weighted by Crippen LogP contribution is -2.49. The highest BCUT2D eigenvalue weighted by molar-refractivity contribution is 8.76. The summed E-state index contributed by atoms with van der Waals surface area (Å²) in [6.07, 6.45) is 2.69. The van der Waals surface area contributed by atoms with Crippen LogP contribution in [0.4, 0.5) is 16.2 Å². The summed E-state index contributed by atoms with van der Waals surface area (Å²) < 4.78 is 23.1. The van der Waals surface area contributed by atoms with Gasteiger partial charge in [-0.25, -0.2) is 14.3 Å². The summed E-state index contributed by atoms with van der Waals surface area (Å²) in [5.74, 6) is 0.963. The van der Waals surface area contributed by atoms with E-state index in [2.05, 4.69) is 10.3 Å². The van der Waals surface area contributed by atoms with E-state index in [-0.39, 0.29) is 41.2 Å². The predicted octanol–water partition coefficient (Wildman–Crippen LogP) is 8.60. The minimum Gasteiger partial charge on any atom is -0.410 e. The predicted molar refractivity (Wildman–Crippen MR) is 230 cm³/mol. The van der Waals surface area contributed by atoms with Crippen LogP contribution in [0.15, 0.2) is 90.1 Å². The van der Waals surface area contributed by atoms with Crippen molar-refractivity contribution in [2.45, 2.75) is 36.1 Å². The van der Waals surface area contributed by atoms with Crippen molar-refractivity contribution in [3.8, 4) is 11.5 Å². The molecule has 5 aromatic rings. The van der Waals surface area contributed by atoms with Crippen LogP contribution < -0.4 is 24.4 Å². The van der Waals surface area contributed by atoms with Crippen molar-refractivity contribution in [1.82, 2.24) is 10.3 Å². The zero-order valence-electron chi connectivity index (χ0n) is 31.3. The molecule has 3 fully saturated rings. The van der Waals surface area contributed by atoms with Gasteiger partial charge < -0.3 is 24.4 Å². The first kappa shape index (κ1) is 39.1. The lowest BCUT2D eigenvalue weighted by Gasteiger charge is -2.37. The number of nitrogens with one attached hydrogen (secondary N) is 1. The van der Waals surface area contributed by atoms with Gasteiger partial charge in [-0.15, -0.1) is 23.2 Å². The smallest absolute Gasteiger partial charge is 0.410 e. The second kappa shape index (κ2) is 14.3. The number of ether oxygens (including phenoxy) is 1. The van der Waals surface area contributed by atoms with Crippen molar-refractivity contribution in [2.24, 2.45) is 16.2 Å². The normalized spacial score (nSPS) is 25.8. The molecule has 2 aliphatic heterocycles. The molecule has 4 aromatic carbocycles. The number of fused-ring (bicyclic) bond motifs is 6. The van der Waals surface area contributed by atoms with Gasteiger partial charge in [0.15, 0.2) is 0 Å². The molecule has 1 spiro atoms. The number of amides is 3. The van der Waals surface area contributed by atoms with Crippen LogP contribution in [0.2, 0.25) is 0 Å². The first-order valence-corrected chi connectivity index (χ1v) is 24.1. The number of anilines is 2. The monoisotopic (exact) mass is 890 g/mol. The lowest BCUT2D eigenvalue weighted by atomic mass is 9.72. The van der Waals surface area contributed by atoms with Crippen molar-refractivity contribution in [3.05, 3.63) is 96.2 Å². The van der Waals surface area contributed by atoms with Gasteiger partial charge in [-0.3, -0.25) is 19.4 Å². The van der Waals surface area contributed by atoms with Crippen LogP contribution in [0.25, 0.3) is 21.5 Å². The molecule has 1 aromatic heterocycles. The third-order valence-electron chi connectivity index (χ3n) is 13.0. The number of benzene rings is 4. The van der Waals surface area contributed by atoms with Gasteiger partial charge >= 0.3 is 13.9 Å². The molecular formula is C42H37Cl2N4O8PS2. The molecule has 3 amide bonds. The fraction of sp³-hybridized carbons (Fsp3) is 0.333. The van der Waals surface area contributed by atoms with Crippen LogP contribution in [0.5, 0.6) is 11.5 Å². The number of hydrogen-bond acceptors (Lipinski definition) is 9. The van der Waals surface area contributed by atoms with Gasteiger partial charge in [-0.05, 0) is 64.1 Å². The average molecular weight is 892 g/mol. The number of nitrogens with zero attached hydrogens (tertiary/aromatic N) is 3. The van der Waals surface area contributed by atoms with E-state index in [0.29, 0.717) is 72.5 Å². The van der Waals surface area contributed by atoms with E-state index in [1.807, 2.05) is 54.6 Å². The number of phosphoric acid groups is 1. The van der Waals surface area contributed by atoms with Crippen molar-refractivity contribution in [3.63, 3.8) is 0 Å². The molecule has 3 aliphatic carbocycles. The molecule has 0 radical (unpaired) electrons. The highest BCUT2D eigenvalue weighted by Gasteiger charge is 3.01. The summed E-state index contributed by atoms with van der Waals surface area (Å²) in [6, 6.07) is 23.8. The lowest BCUT2D eigenvalue weighted by molar-refractivity contribution is -0.134. The number of carbonyl (C=O) groups is 3. The van der Waals surface area contributed by atoms with Gasteiger partial charge in [0.05, 0.1) is 22.2 Å². The Balaban J connectivity index is 0.892. The summed E-state index contributed by atoms with van der Waals surface area (Å²) in [6.45, 7) is 1.06. The topological polar surface area (TPSA) is 159 Å². The van der Waals surface area contributed by atoms with E-state index in [1.165, 1.54) is 16.9 Å². The summed E-state index contributed by atoms with van der Waals surface area (Å²) in [5.41, 5.74) is 1.05. The van der Waals surface area contributed by atoms with Crippen LogP contribution in [0.3, 0.4) is 0 Å². The van der Waals surface area contributed by atoms with Gasteiger partial charge in [0, 0.05) is 83.5 Å². The second-order valence-corrected chi connectivity index (χ2v) is 20.2. The molecule has 0 saturated heterocycles. The third-order valence-corrected chi connectivity index (χ3v) is 16.4. The molecule has 3 saturated carbocycles. The number of pyridine rings is 1. The quantitative estimate of drug-likeness (QED) is 0.0477. The molecule has 304 valence electrons. The zero-order chi connectivity index (χ0) is 40.9. The van der Waals surface area contributed by atoms with Crippen molar-refractivity contribution in [2.75, 3.05) is 46.9 Å². The number of alkyl halides is 2. The average Bonchev–Trinajstić information content (AvgIpc) is 3.74. The standard InChI is InChI=1S/C42H37Cl2N4O8PS2/c43-17-24-19-47(30-15-32(26-7-1-3-9-28(26)35(24)30)55-39(51)46-13-14-58-59-34-11-5-6-12-45-34)37(49)40-21-41(23-42(40,41)22-40)38(50)48-20-25(18-44)36-29-10-4-2-8-27(29)33(16-31(36)48)56-57(52,53)54/h1-12,15-16,24-25H,13-14,17-23H2,(H,46,51)(H2,52,53,54)/t24-,25-,40?,41?,42?/m1/s1. The molecule has 59 heavy (non-hydrogen) atoms. The van der Waals surface area contributed by atoms with Gasteiger partial charge in [-0.2, -0.15) is 0 Å². The maximum absolute atomic E-state index is 14.9. The van der Waals surface area contributed by atoms with E-state index in [1.54, 1.807) is 45.0 Å². The Morgan fingerprint density at radius 3 is 1.86 bits per heavy atom. The molecule has 5 atom stereocenters. The Morgan fingerprint density at radius 1 is 0.797 bits per heavy atom. The summed E-state index contributed by atoms with van der Waals surface area (Å²) in [5, 5.41) is 6.55. The third kappa shape index (κ3) is 6.07. The van der Waals surface area contributed by atoms with E-state index in [4.69, 9.17) is 32.5 Å². The van der Waals surface area contributed by atoms with Crippen LogP contribution in [-0.4, -0.2) is 69.8 Å².